The van der Waals surface area contributed by atoms with Crippen LogP contribution in [0.3, 0.4) is 0 Å². The van der Waals surface area contributed by atoms with Gasteiger partial charge in [0.15, 0.2) is 0 Å². The molecular formula is C24H23N3O3. The van der Waals surface area contributed by atoms with Crippen LogP contribution in [-0.2, 0) is 11.3 Å². The Bertz CT molecular complexity index is 1340. The minimum atomic E-state index is -0.890. The van der Waals surface area contributed by atoms with E-state index in [4.69, 9.17) is 5.10 Å². The van der Waals surface area contributed by atoms with Crippen molar-refractivity contribution in [3.63, 3.8) is 0 Å². The molecule has 0 radical (unpaired) electrons. The van der Waals surface area contributed by atoms with E-state index in [1.807, 2.05) is 60.0 Å². The molecule has 0 unspecified atom stereocenters. The number of benzene rings is 2. The van der Waals surface area contributed by atoms with Crippen LogP contribution in [0.5, 0.6) is 0 Å². The summed E-state index contributed by atoms with van der Waals surface area (Å²) >= 11 is 0. The largest absolute Gasteiger partial charge is 0.480 e. The molecule has 2 aromatic carbocycles. The van der Waals surface area contributed by atoms with Gasteiger partial charge >= 0.3 is 5.97 Å². The molecule has 0 spiro atoms. The molecule has 6 heteroatoms. The first-order chi connectivity index (χ1) is 14.6. The average molecular weight is 401 g/mol. The minimum Gasteiger partial charge on any atom is -0.480 e. The Morgan fingerprint density at radius 2 is 1.67 bits per heavy atom. The number of fused-ring (bicyclic) bond motifs is 2. The van der Waals surface area contributed by atoms with Gasteiger partial charge in [0.1, 0.15) is 12.2 Å². The first-order valence-electron chi connectivity index (χ1n) is 10.4. The quantitative estimate of drug-likeness (QED) is 0.545. The third-order valence-corrected chi connectivity index (χ3v) is 6.26. The summed E-state index contributed by atoms with van der Waals surface area (Å²) in [5.41, 5.74) is 3.29. The fourth-order valence-corrected chi connectivity index (χ4v) is 4.86. The van der Waals surface area contributed by atoms with Crippen molar-refractivity contribution in [1.82, 2.24) is 14.3 Å². The first-order valence-corrected chi connectivity index (χ1v) is 10.4. The van der Waals surface area contributed by atoms with Gasteiger partial charge in [-0.2, -0.15) is 5.10 Å². The van der Waals surface area contributed by atoms with Crippen molar-refractivity contribution >= 4 is 27.6 Å². The summed E-state index contributed by atoms with van der Waals surface area (Å²) < 4.78 is 3.49. The molecule has 0 bridgehead atoms. The Morgan fingerprint density at radius 1 is 1.03 bits per heavy atom. The van der Waals surface area contributed by atoms with Crippen LogP contribution >= 0.6 is 0 Å². The summed E-state index contributed by atoms with van der Waals surface area (Å²) in [6.45, 7) is 1.81. The molecule has 2 aromatic heterocycles. The third kappa shape index (κ3) is 2.83. The van der Waals surface area contributed by atoms with Crippen molar-refractivity contribution in [2.45, 2.75) is 45.2 Å². The van der Waals surface area contributed by atoms with E-state index in [2.05, 4.69) is 0 Å². The molecule has 1 aliphatic rings. The summed E-state index contributed by atoms with van der Waals surface area (Å²) in [7, 11) is 0. The predicted octanol–water partition coefficient (Wildman–Crippen LogP) is 4.53. The molecule has 1 aliphatic carbocycles. The normalized spacial score (nSPS) is 14.7. The predicted molar refractivity (Wildman–Crippen MR) is 117 cm³/mol. The van der Waals surface area contributed by atoms with Gasteiger partial charge in [-0.15, -0.1) is 0 Å². The van der Waals surface area contributed by atoms with Crippen LogP contribution in [0.25, 0.3) is 32.9 Å². The Balaban J connectivity index is 1.87. The molecule has 30 heavy (non-hydrogen) atoms. The number of nitrogens with zero attached hydrogens (tertiary/aromatic N) is 3. The van der Waals surface area contributed by atoms with Crippen LogP contribution in [0, 0.1) is 6.92 Å². The monoisotopic (exact) mass is 401 g/mol. The molecular weight excluding hydrogens is 378 g/mol. The maximum absolute atomic E-state index is 13.2. The second kappa shape index (κ2) is 7.13. The molecule has 1 saturated carbocycles. The molecule has 0 amide bonds. The maximum Gasteiger partial charge on any atom is 0.323 e. The zero-order valence-corrected chi connectivity index (χ0v) is 16.8. The Hall–Kier alpha value is -3.41. The SMILES string of the molecule is Cc1c(-c2nn(C3CCCC3)c(=O)c3ccccc23)c2ccccc2n1CC(=O)O. The number of hydrogen-bond donors (Lipinski definition) is 1. The van der Waals surface area contributed by atoms with Gasteiger partial charge in [-0.1, -0.05) is 49.2 Å². The standard InChI is InChI=1S/C24H23N3O3/c1-15-22(19-12-6-7-13-20(19)26(15)14-21(28)29)23-17-10-4-5-11-18(17)24(30)27(25-23)16-8-2-3-9-16/h4-7,10-13,16H,2-3,8-9,14H2,1H3,(H,28,29). The molecule has 0 saturated heterocycles. The highest BCUT2D eigenvalue weighted by Gasteiger charge is 2.25. The number of carboxylic acids is 1. The maximum atomic E-state index is 13.2. The van der Waals surface area contributed by atoms with Crippen LogP contribution in [0.4, 0.5) is 0 Å². The third-order valence-electron chi connectivity index (χ3n) is 6.26. The van der Waals surface area contributed by atoms with Crippen molar-refractivity contribution in [3.05, 3.63) is 64.6 Å². The van der Waals surface area contributed by atoms with Gasteiger partial charge in [-0.25, -0.2) is 4.68 Å². The van der Waals surface area contributed by atoms with E-state index in [-0.39, 0.29) is 18.1 Å². The second-order valence-electron chi connectivity index (χ2n) is 8.04. The Labute approximate surface area is 173 Å². The van der Waals surface area contributed by atoms with Crippen LogP contribution in [0.2, 0.25) is 0 Å². The first kappa shape index (κ1) is 18.6. The summed E-state index contributed by atoms with van der Waals surface area (Å²) in [4.78, 5) is 24.7. The molecule has 4 aromatic rings. The highest BCUT2D eigenvalue weighted by molar-refractivity contribution is 6.05. The highest BCUT2D eigenvalue weighted by Crippen LogP contribution is 2.37. The molecule has 0 aliphatic heterocycles. The van der Waals surface area contributed by atoms with Crippen molar-refractivity contribution in [1.29, 1.82) is 0 Å². The van der Waals surface area contributed by atoms with Crippen molar-refractivity contribution in [2.75, 3.05) is 0 Å². The van der Waals surface area contributed by atoms with Gasteiger partial charge in [-0.3, -0.25) is 9.59 Å². The fourth-order valence-electron chi connectivity index (χ4n) is 4.86. The lowest BCUT2D eigenvalue weighted by Gasteiger charge is -2.16. The van der Waals surface area contributed by atoms with E-state index < -0.39 is 5.97 Å². The summed E-state index contributed by atoms with van der Waals surface area (Å²) in [6.07, 6.45) is 4.14. The van der Waals surface area contributed by atoms with E-state index in [0.717, 1.165) is 58.9 Å². The number of carboxylic acid groups (broad SMARTS) is 1. The lowest BCUT2D eigenvalue weighted by Crippen LogP contribution is -2.27. The average Bonchev–Trinajstić information content (AvgIpc) is 3.37. The fraction of sp³-hybridized carbons (Fsp3) is 0.292. The van der Waals surface area contributed by atoms with E-state index in [0.29, 0.717) is 5.39 Å². The number of hydrogen-bond acceptors (Lipinski definition) is 3. The van der Waals surface area contributed by atoms with Crippen LogP contribution < -0.4 is 5.56 Å². The number of aromatic nitrogens is 3. The van der Waals surface area contributed by atoms with Crippen molar-refractivity contribution in [2.24, 2.45) is 0 Å². The Morgan fingerprint density at radius 3 is 2.37 bits per heavy atom. The van der Waals surface area contributed by atoms with E-state index >= 15 is 0 Å². The molecule has 5 rings (SSSR count). The number of para-hydroxylation sites is 1. The molecule has 152 valence electrons. The molecule has 2 heterocycles. The van der Waals surface area contributed by atoms with Gasteiger partial charge in [0, 0.05) is 27.5 Å². The minimum absolute atomic E-state index is 0.0480. The summed E-state index contributed by atoms with van der Waals surface area (Å²) in [5, 5.41) is 16.8. The van der Waals surface area contributed by atoms with Crippen molar-refractivity contribution < 1.29 is 9.90 Å². The number of aliphatic carboxylic acids is 1. The van der Waals surface area contributed by atoms with E-state index in [9.17, 15) is 14.7 Å². The molecule has 1 fully saturated rings. The molecule has 6 nitrogen and oxygen atoms in total. The topological polar surface area (TPSA) is 77.1 Å². The summed E-state index contributed by atoms with van der Waals surface area (Å²) in [6, 6.07) is 15.5. The Kier molecular flexibility index (Phi) is 4.42. The molecule has 1 N–H and O–H groups in total. The zero-order chi connectivity index (χ0) is 20.8. The van der Waals surface area contributed by atoms with Crippen LogP contribution in [-0.4, -0.2) is 25.4 Å². The van der Waals surface area contributed by atoms with Gasteiger partial charge in [0.2, 0.25) is 0 Å². The smallest absolute Gasteiger partial charge is 0.323 e. The van der Waals surface area contributed by atoms with E-state index in [1.165, 1.54) is 0 Å². The van der Waals surface area contributed by atoms with Gasteiger partial charge in [-0.05, 0) is 31.9 Å². The summed E-state index contributed by atoms with van der Waals surface area (Å²) in [5.74, 6) is -0.890. The van der Waals surface area contributed by atoms with Crippen LogP contribution in [0.1, 0.15) is 37.4 Å². The van der Waals surface area contributed by atoms with E-state index in [1.54, 1.807) is 4.68 Å². The highest BCUT2D eigenvalue weighted by atomic mass is 16.4. The lowest BCUT2D eigenvalue weighted by molar-refractivity contribution is -0.137. The van der Waals surface area contributed by atoms with Crippen LogP contribution in [0.15, 0.2) is 53.3 Å². The second-order valence-corrected chi connectivity index (χ2v) is 8.04. The zero-order valence-electron chi connectivity index (χ0n) is 16.8. The number of carbonyl (C=O) groups is 1. The number of rotatable bonds is 4. The molecule has 0 atom stereocenters. The lowest BCUT2D eigenvalue weighted by atomic mass is 10.0. The van der Waals surface area contributed by atoms with Gasteiger partial charge < -0.3 is 9.67 Å². The van der Waals surface area contributed by atoms with Gasteiger partial charge in [0.05, 0.1) is 11.4 Å². The van der Waals surface area contributed by atoms with Crippen molar-refractivity contribution in [3.8, 4) is 11.3 Å². The van der Waals surface area contributed by atoms with Gasteiger partial charge in [0.25, 0.3) is 5.56 Å².